The van der Waals surface area contributed by atoms with Crippen LogP contribution in [0.5, 0.6) is 11.5 Å². The van der Waals surface area contributed by atoms with Gasteiger partial charge in [-0.2, -0.15) is 0 Å². The number of rotatable bonds is 2. The highest BCUT2D eigenvalue weighted by Gasteiger charge is 2.53. The molecule has 5 heteroatoms. The molecule has 2 aliphatic heterocycles. The van der Waals surface area contributed by atoms with E-state index in [1.807, 2.05) is 43.3 Å². The first-order chi connectivity index (χ1) is 16.0. The molecule has 0 saturated heterocycles. The molecule has 2 heterocycles. The van der Waals surface area contributed by atoms with Crippen molar-refractivity contribution in [3.63, 3.8) is 0 Å². The summed E-state index contributed by atoms with van der Waals surface area (Å²) in [6.45, 7) is 1.95. The second-order valence-electron chi connectivity index (χ2n) is 9.40. The van der Waals surface area contributed by atoms with Gasteiger partial charge in [-0.05, 0) is 55.7 Å². The summed E-state index contributed by atoms with van der Waals surface area (Å²) in [6, 6.07) is 18.2. The second-order valence-corrected chi connectivity index (χ2v) is 9.81. The second kappa shape index (κ2) is 7.53. The zero-order valence-electron chi connectivity index (χ0n) is 18.9. The molecule has 1 unspecified atom stereocenters. The Morgan fingerprint density at radius 2 is 1.70 bits per heavy atom. The normalized spacial score (nSPS) is 21.1. The third-order valence-electron chi connectivity index (χ3n) is 7.51. The Balaban J connectivity index is 1.55. The van der Waals surface area contributed by atoms with E-state index in [9.17, 15) is 4.79 Å². The SMILES string of the molecule is Cc1cc2c(cc1Cl)C1(OC(=O)c3ccccc31)c1ccc(N(C)C3CCCCC3)cc1O2. The van der Waals surface area contributed by atoms with Crippen LogP contribution in [0.15, 0.2) is 54.6 Å². The number of halogens is 1. The lowest BCUT2D eigenvalue weighted by Crippen LogP contribution is -2.35. The number of aryl methyl sites for hydroxylation is 1. The Hall–Kier alpha value is -2.98. The lowest BCUT2D eigenvalue weighted by molar-refractivity contribution is 0.0224. The molecule has 33 heavy (non-hydrogen) atoms. The van der Waals surface area contributed by atoms with Crippen molar-refractivity contribution < 1.29 is 14.3 Å². The van der Waals surface area contributed by atoms with E-state index in [-0.39, 0.29) is 5.97 Å². The fraction of sp³-hybridized carbons (Fsp3) is 0.321. The number of ether oxygens (including phenoxy) is 2. The summed E-state index contributed by atoms with van der Waals surface area (Å²) >= 11 is 6.55. The highest BCUT2D eigenvalue weighted by atomic mass is 35.5. The van der Waals surface area contributed by atoms with Gasteiger partial charge < -0.3 is 14.4 Å². The fourth-order valence-corrected chi connectivity index (χ4v) is 5.84. The van der Waals surface area contributed by atoms with Crippen molar-refractivity contribution >= 4 is 23.3 Å². The molecule has 0 amide bonds. The van der Waals surface area contributed by atoms with Crippen molar-refractivity contribution in [2.45, 2.75) is 50.7 Å². The molecule has 0 bridgehead atoms. The molecule has 168 valence electrons. The first-order valence-electron chi connectivity index (χ1n) is 11.7. The van der Waals surface area contributed by atoms with Crippen LogP contribution in [0.1, 0.15) is 64.7 Å². The van der Waals surface area contributed by atoms with Crippen LogP contribution in [0, 0.1) is 6.92 Å². The highest BCUT2D eigenvalue weighted by Crippen LogP contribution is 2.57. The number of hydrogen-bond acceptors (Lipinski definition) is 4. The molecule has 6 rings (SSSR count). The van der Waals surface area contributed by atoms with E-state index in [4.69, 9.17) is 21.1 Å². The summed E-state index contributed by atoms with van der Waals surface area (Å²) in [4.78, 5) is 15.4. The van der Waals surface area contributed by atoms with Gasteiger partial charge in [-0.15, -0.1) is 0 Å². The van der Waals surface area contributed by atoms with Gasteiger partial charge in [-0.1, -0.05) is 49.1 Å². The van der Waals surface area contributed by atoms with Gasteiger partial charge in [0.15, 0.2) is 5.60 Å². The smallest absolute Gasteiger partial charge is 0.340 e. The first-order valence-corrected chi connectivity index (χ1v) is 12.1. The minimum atomic E-state index is -1.07. The van der Waals surface area contributed by atoms with Crippen LogP contribution in [0.4, 0.5) is 5.69 Å². The number of carbonyl (C=O) groups excluding carboxylic acids is 1. The molecule has 1 spiro atoms. The molecule has 3 aliphatic rings. The molecule has 0 radical (unpaired) electrons. The molecule has 3 aromatic carbocycles. The number of carbonyl (C=O) groups is 1. The van der Waals surface area contributed by atoms with Gasteiger partial charge in [-0.3, -0.25) is 0 Å². The van der Waals surface area contributed by atoms with E-state index in [0.29, 0.717) is 28.1 Å². The molecule has 1 saturated carbocycles. The molecule has 0 N–H and O–H groups in total. The predicted molar refractivity (Wildman–Crippen MR) is 130 cm³/mol. The molecule has 1 aliphatic carbocycles. The Morgan fingerprint density at radius 1 is 0.939 bits per heavy atom. The topological polar surface area (TPSA) is 38.8 Å². The lowest BCUT2D eigenvalue weighted by atomic mass is 9.77. The van der Waals surface area contributed by atoms with Crippen LogP contribution in [-0.4, -0.2) is 19.1 Å². The van der Waals surface area contributed by atoms with Gasteiger partial charge >= 0.3 is 5.97 Å². The van der Waals surface area contributed by atoms with E-state index in [1.165, 1.54) is 32.1 Å². The van der Waals surface area contributed by atoms with Crippen molar-refractivity contribution in [3.05, 3.63) is 87.4 Å². The molecule has 1 fully saturated rings. The standard InChI is InChI=1S/C28H26ClNO3/c1-17-14-25-23(16-24(17)29)28(21-11-7-6-10-20(21)27(31)33-28)22-13-12-19(15-26(22)32-25)30(2)18-8-4-3-5-9-18/h6-7,10-16,18H,3-5,8-9H2,1-2H3. The van der Waals surface area contributed by atoms with Crippen molar-refractivity contribution in [2.24, 2.45) is 0 Å². The van der Waals surface area contributed by atoms with Crippen LogP contribution in [0.2, 0.25) is 5.02 Å². The number of esters is 1. The van der Waals surface area contributed by atoms with Crippen LogP contribution < -0.4 is 9.64 Å². The van der Waals surface area contributed by atoms with Crippen molar-refractivity contribution in [3.8, 4) is 11.5 Å². The molecule has 4 nitrogen and oxygen atoms in total. The van der Waals surface area contributed by atoms with E-state index < -0.39 is 5.60 Å². The molecule has 1 atom stereocenters. The summed E-state index contributed by atoms with van der Waals surface area (Å²) in [5.74, 6) is 1.06. The monoisotopic (exact) mass is 459 g/mol. The van der Waals surface area contributed by atoms with E-state index >= 15 is 0 Å². The Labute approximate surface area is 199 Å². The van der Waals surface area contributed by atoms with Gasteiger partial charge in [0.2, 0.25) is 0 Å². The van der Waals surface area contributed by atoms with Gasteiger partial charge in [0.1, 0.15) is 11.5 Å². The number of benzene rings is 3. The van der Waals surface area contributed by atoms with Crippen molar-refractivity contribution in [1.29, 1.82) is 0 Å². The van der Waals surface area contributed by atoms with Crippen LogP contribution in [-0.2, 0) is 10.3 Å². The Bertz CT molecular complexity index is 1280. The summed E-state index contributed by atoms with van der Waals surface area (Å²) in [6.07, 6.45) is 6.30. The summed E-state index contributed by atoms with van der Waals surface area (Å²) < 4.78 is 12.7. The maximum Gasteiger partial charge on any atom is 0.340 e. The minimum absolute atomic E-state index is 0.329. The summed E-state index contributed by atoms with van der Waals surface area (Å²) in [5.41, 5.74) is 3.96. The largest absolute Gasteiger partial charge is 0.456 e. The van der Waals surface area contributed by atoms with Crippen molar-refractivity contribution in [2.75, 3.05) is 11.9 Å². The summed E-state index contributed by atoms with van der Waals surface area (Å²) in [5, 5.41) is 0.620. The van der Waals surface area contributed by atoms with E-state index in [1.54, 1.807) is 0 Å². The molecule has 0 aromatic heterocycles. The predicted octanol–water partition coefficient (Wildman–Crippen LogP) is 6.99. The first kappa shape index (κ1) is 20.6. The third-order valence-corrected chi connectivity index (χ3v) is 7.91. The number of hydrogen-bond donors (Lipinski definition) is 0. The lowest BCUT2D eigenvalue weighted by Gasteiger charge is -2.38. The molecule has 3 aromatic rings. The van der Waals surface area contributed by atoms with Gasteiger partial charge in [0, 0.05) is 46.6 Å². The van der Waals surface area contributed by atoms with Crippen LogP contribution in [0.3, 0.4) is 0 Å². The molecular weight excluding hydrogens is 434 g/mol. The zero-order chi connectivity index (χ0) is 22.7. The minimum Gasteiger partial charge on any atom is -0.456 e. The molecular formula is C28H26ClNO3. The Kier molecular flexibility index (Phi) is 4.70. The number of nitrogens with zero attached hydrogens (tertiary/aromatic N) is 1. The number of anilines is 1. The van der Waals surface area contributed by atoms with E-state index in [2.05, 4.69) is 30.1 Å². The summed E-state index contributed by atoms with van der Waals surface area (Å²) in [7, 11) is 2.17. The maximum absolute atomic E-state index is 13.0. The fourth-order valence-electron chi connectivity index (χ4n) is 5.68. The third kappa shape index (κ3) is 3.00. The average molecular weight is 460 g/mol. The Morgan fingerprint density at radius 3 is 2.52 bits per heavy atom. The maximum atomic E-state index is 13.0. The van der Waals surface area contributed by atoms with Gasteiger partial charge in [0.25, 0.3) is 0 Å². The van der Waals surface area contributed by atoms with Crippen molar-refractivity contribution in [1.82, 2.24) is 0 Å². The average Bonchev–Trinajstić information content (AvgIpc) is 3.13. The van der Waals surface area contributed by atoms with E-state index in [0.717, 1.165) is 27.9 Å². The quantitative estimate of drug-likeness (QED) is 0.387. The van der Waals surface area contributed by atoms with Gasteiger partial charge in [0.05, 0.1) is 5.56 Å². The van der Waals surface area contributed by atoms with Crippen LogP contribution >= 0.6 is 11.6 Å². The van der Waals surface area contributed by atoms with Crippen LogP contribution in [0.25, 0.3) is 0 Å². The number of fused-ring (bicyclic) bond motifs is 6. The zero-order valence-corrected chi connectivity index (χ0v) is 19.6. The highest BCUT2D eigenvalue weighted by molar-refractivity contribution is 6.31. The van der Waals surface area contributed by atoms with Gasteiger partial charge in [-0.25, -0.2) is 4.79 Å².